The van der Waals surface area contributed by atoms with Gasteiger partial charge in [-0.05, 0) is 17.7 Å². The molecule has 5 heteroatoms. The first-order chi connectivity index (χ1) is 13.1. The molecule has 0 aliphatic rings. The Morgan fingerprint density at radius 3 is 2.22 bits per heavy atom. The number of benzene rings is 2. The Bertz CT molecular complexity index is 701. The minimum atomic E-state index is -1.28. The molecule has 0 fully saturated rings. The van der Waals surface area contributed by atoms with Gasteiger partial charge < -0.3 is 19.7 Å². The largest absolute Gasteiger partial charge is 0.453 e. The van der Waals surface area contributed by atoms with Crippen LogP contribution in [-0.4, -0.2) is 41.1 Å². The zero-order valence-electron chi connectivity index (χ0n) is 15.4. The first-order valence-corrected chi connectivity index (χ1v) is 8.89. The van der Waals surface area contributed by atoms with Gasteiger partial charge in [-0.25, -0.2) is 4.79 Å². The molecule has 144 valence electrons. The molecular formula is C22H26O5. The summed E-state index contributed by atoms with van der Waals surface area (Å²) in [7, 11) is 0. The van der Waals surface area contributed by atoms with Crippen LogP contribution >= 0.6 is 0 Å². The average Bonchev–Trinajstić information content (AvgIpc) is 2.73. The van der Waals surface area contributed by atoms with Crippen molar-refractivity contribution in [3.05, 3.63) is 84.4 Å². The fourth-order valence-electron chi connectivity index (χ4n) is 2.68. The van der Waals surface area contributed by atoms with E-state index in [0.717, 1.165) is 5.56 Å². The Hall–Kier alpha value is -2.47. The molecule has 0 bridgehead atoms. The van der Waals surface area contributed by atoms with Gasteiger partial charge in [-0.15, -0.1) is 6.58 Å². The van der Waals surface area contributed by atoms with Crippen LogP contribution in [0.2, 0.25) is 0 Å². The summed E-state index contributed by atoms with van der Waals surface area (Å²) in [6.07, 6.45) is -1.32. The number of carbonyl (C=O) groups is 1. The van der Waals surface area contributed by atoms with Gasteiger partial charge in [0.1, 0.15) is 12.2 Å². The van der Waals surface area contributed by atoms with Crippen LogP contribution in [0.1, 0.15) is 22.8 Å². The lowest BCUT2D eigenvalue weighted by atomic mass is 9.96. The summed E-state index contributed by atoms with van der Waals surface area (Å²) in [5.41, 5.74) is 1.31. The van der Waals surface area contributed by atoms with E-state index < -0.39 is 30.9 Å². The normalized spacial score (nSPS) is 15.4. The maximum Gasteiger partial charge on any atom is 0.338 e. The fourth-order valence-corrected chi connectivity index (χ4v) is 2.68. The number of ether oxygens (including phenoxy) is 2. The molecular weight excluding hydrogens is 344 g/mol. The zero-order valence-corrected chi connectivity index (χ0v) is 15.4. The number of rotatable bonds is 10. The van der Waals surface area contributed by atoms with E-state index in [0.29, 0.717) is 5.56 Å². The van der Waals surface area contributed by atoms with Crippen molar-refractivity contribution >= 4 is 5.97 Å². The van der Waals surface area contributed by atoms with Crippen LogP contribution in [0.5, 0.6) is 0 Å². The van der Waals surface area contributed by atoms with Crippen LogP contribution in [0, 0.1) is 5.92 Å². The standard InChI is InChI=1S/C22H26O5/c1-3-16(2)20(26-15-17-10-6-4-7-11-17)21(19(24)14-23)27-22(25)18-12-8-5-9-13-18/h3-13,16,19-21,23-24H,1,14-15H2,2H3/t16-,19+,20+,21+/m0/s1. The van der Waals surface area contributed by atoms with E-state index in [4.69, 9.17) is 9.47 Å². The maximum atomic E-state index is 12.5. The van der Waals surface area contributed by atoms with Crippen molar-refractivity contribution < 1.29 is 24.5 Å². The molecule has 0 aliphatic heterocycles. The van der Waals surface area contributed by atoms with Crippen molar-refractivity contribution in [1.29, 1.82) is 0 Å². The first kappa shape index (κ1) is 20.8. The minimum absolute atomic E-state index is 0.219. The molecule has 2 rings (SSSR count). The molecule has 0 unspecified atom stereocenters. The van der Waals surface area contributed by atoms with Crippen LogP contribution in [-0.2, 0) is 16.1 Å². The number of carbonyl (C=O) groups excluding carboxylic acids is 1. The predicted molar refractivity (Wildman–Crippen MR) is 103 cm³/mol. The Kier molecular flexibility index (Phi) is 8.20. The Morgan fingerprint density at radius 2 is 1.67 bits per heavy atom. The van der Waals surface area contributed by atoms with Gasteiger partial charge in [0.25, 0.3) is 0 Å². The van der Waals surface area contributed by atoms with Gasteiger partial charge in [-0.2, -0.15) is 0 Å². The summed E-state index contributed by atoms with van der Waals surface area (Å²) in [5, 5.41) is 19.7. The molecule has 2 N–H and O–H groups in total. The van der Waals surface area contributed by atoms with Gasteiger partial charge in [0.05, 0.1) is 18.8 Å². The van der Waals surface area contributed by atoms with Gasteiger partial charge in [0.15, 0.2) is 6.10 Å². The molecule has 2 aromatic carbocycles. The van der Waals surface area contributed by atoms with Gasteiger partial charge in [-0.1, -0.05) is 61.5 Å². The van der Waals surface area contributed by atoms with Crippen molar-refractivity contribution in [2.24, 2.45) is 5.92 Å². The SMILES string of the molecule is C=C[C@H](C)[C@@H](OCc1ccccc1)[C@H](OC(=O)c1ccccc1)[C@H](O)CO. The molecule has 27 heavy (non-hydrogen) atoms. The van der Waals surface area contributed by atoms with Crippen LogP contribution < -0.4 is 0 Å². The monoisotopic (exact) mass is 370 g/mol. The average molecular weight is 370 g/mol. The van der Waals surface area contributed by atoms with E-state index >= 15 is 0 Å². The Balaban J connectivity index is 2.19. The highest BCUT2D eigenvalue weighted by Gasteiger charge is 2.35. The first-order valence-electron chi connectivity index (χ1n) is 8.89. The van der Waals surface area contributed by atoms with Gasteiger partial charge >= 0.3 is 5.97 Å². The van der Waals surface area contributed by atoms with Crippen LogP contribution in [0.4, 0.5) is 0 Å². The quantitative estimate of drug-likeness (QED) is 0.497. The molecule has 0 amide bonds. The van der Waals surface area contributed by atoms with Crippen molar-refractivity contribution in [2.75, 3.05) is 6.61 Å². The molecule has 0 aromatic heterocycles. The third-order valence-corrected chi connectivity index (χ3v) is 4.32. The maximum absolute atomic E-state index is 12.5. The number of hydrogen-bond acceptors (Lipinski definition) is 5. The van der Waals surface area contributed by atoms with E-state index in [2.05, 4.69) is 6.58 Å². The van der Waals surface area contributed by atoms with Crippen molar-refractivity contribution in [3.8, 4) is 0 Å². The molecule has 0 radical (unpaired) electrons. The summed E-state index contributed by atoms with van der Waals surface area (Å²) < 4.78 is 11.5. The van der Waals surface area contributed by atoms with Crippen molar-refractivity contribution in [2.45, 2.75) is 31.8 Å². The second-order valence-corrected chi connectivity index (χ2v) is 6.34. The van der Waals surface area contributed by atoms with Crippen LogP contribution in [0.15, 0.2) is 73.3 Å². The van der Waals surface area contributed by atoms with Gasteiger partial charge in [0, 0.05) is 5.92 Å². The van der Waals surface area contributed by atoms with Gasteiger partial charge in [-0.3, -0.25) is 0 Å². The second-order valence-electron chi connectivity index (χ2n) is 6.34. The molecule has 4 atom stereocenters. The third kappa shape index (κ3) is 6.03. The van der Waals surface area contributed by atoms with Crippen molar-refractivity contribution in [3.63, 3.8) is 0 Å². The van der Waals surface area contributed by atoms with E-state index in [-0.39, 0.29) is 12.5 Å². The van der Waals surface area contributed by atoms with Crippen LogP contribution in [0.3, 0.4) is 0 Å². The molecule has 0 aliphatic carbocycles. The molecule has 0 saturated heterocycles. The van der Waals surface area contributed by atoms with Crippen LogP contribution in [0.25, 0.3) is 0 Å². The fraction of sp³-hybridized carbons (Fsp3) is 0.318. The summed E-state index contributed by atoms with van der Waals surface area (Å²) in [6.45, 7) is 5.36. The predicted octanol–water partition coefficient (Wildman–Crippen LogP) is 2.97. The zero-order chi connectivity index (χ0) is 19.6. The lowest BCUT2D eigenvalue weighted by Gasteiger charge is -2.32. The van der Waals surface area contributed by atoms with E-state index in [1.807, 2.05) is 37.3 Å². The highest BCUT2D eigenvalue weighted by molar-refractivity contribution is 5.89. The summed E-state index contributed by atoms with van der Waals surface area (Å²) >= 11 is 0. The summed E-state index contributed by atoms with van der Waals surface area (Å²) in [4.78, 5) is 12.5. The van der Waals surface area contributed by atoms with Crippen molar-refractivity contribution in [1.82, 2.24) is 0 Å². The second kappa shape index (κ2) is 10.6. The lowest BCUT2D eigenvalue weighted by molar-refractivity contribution is -0.124. The summed E-state index contributed by atoms with van der Waals surface area (Å²) in [6, 6.07) is 18.1. The Labute approximate surface area is 159 Å². The van der Waals surface area contributed by atoms with Gasteiger partial charge in [0.2, 0.25) is 0 Å². The van der Waals surface area contributed by atoms with E-state index in [9.17, 15) is 15.0 Å². The molecule has 0 saturated carbocycles. The molecule has 0 spiro atoms. The third-order valence-electron chi connectivity index (χ3n) is 4.32. The molecule has 5 nitrogen and oxygen atoms in total. The van der Waals surface area contributed by atoms with E-state index in [1.54, 1.807) is 36.4 Å². The topological polar surface area (TPSA) is 76.0 Å². The smallest absolute Gasteiger partial charge is 0.338 e. The highest BCUT2D eigenvalue weighted by Crippen LogP contribution is 2.22. The number of aliphatic hydroxyl groups excluding tert-OH is 2. The minimum Gasteiger partial charge on any atom is -0.453 e. The number of hydrogen-bond donors (Lipinski definition) is 2. The number of esters is 1. The highest BCUT2D eigenvalue weighted by atomic mass is 16.6. The van der Waals surface area contributed by atoms with E-state index in [1.165, 1.54) is 0 Å². The number of aliphatic hydroxyl groups is 2. The molecule has 0 heterocycles. The summed E-state index contributed by atoms with van der Waals surface area (Å²) in [5.74, 6) is -0.804. The molecule has 2 aromatic rings. The Morgan fingerprint density at radius 1 is 1.07 bits per heavy atom. The lowest BCUT2D eigenvalue weighted by Crippen LogP contribution is -2.47.